The van der Waals surface area contributed by atoms with Crippen LogP contribution in [0.2, 0.25) is 0 Å². The second-order valence-corrected chi connectivity index (χ2v) is 6.78. The van der Waals surface area contributed by atoms with E-state index in [1.807, 2.05) is 12.1 Å². The highest BCUT2D eigenvalue weighted by molar-refractivity contribution is 5.81. The van der Waals surface area contributed by atoms with E-state index in [0.29, 0.717) is 0 Å². The Kier molecular flexibility index (Phi) is 5.01. The molecule has 0 amide bonds. The van der Waals surface area contributed by atoms with Crippen molar-refractivity contribution in [3.05, 3.63) is 137 Å². The predicted molar refractivity (Wildman–Crippen MR) is 115 cm³/mol. The summed E-state index contributed by atoms with van der Waals surface area (Å²) in [6.45, 7) is 4.31. The minimum absolute atomic E-state index is 0.972. The molecule has 4 rings (SSSR count). The topological polar surface area (TPSA) is 0 Å². The summed E-state index contributed by atoms with van der Waals surface area (Å²) in [6, 6.07) is 31.6. The maximum atomic E-state index is 4.31. The quantitative estimate of drug-likeness (QED) is 0.445. The minimum Gasteiger partial charge on any atom is -0.103 e. The monoisotopic (exact) mass is 346 g/mol. The largest absolute Gasteiger partial charge is 0.103 e. The van der Waals surface area contributed by atoms with Crippen LogP contribution in [-0.4, -0.2) is 0 Å². The van der Waals surface area contributed by atoms with Crippen molar-refractivity contribution in [2.24, 2.45) is 0 Å². The molecule has 0 heteroatoms. The van der Waals surface area contributed by atoms with Gasteiger partial charge in [-0.05, 0) is 46.8 Å². The highest BCUT2D eigenvalue weighted by atomic mass is 14.2. The number of hydrogen-bond donors (Lipinski definition) is 0. The standard InChI is InChI=1S/C27H22/c1-21-17-18-25(22-11-5-2-6-12-22)19-26(21)20-27(23-13-7-3-8-14-23)24-15-9-4-10-16-24/h2-16,19H,1,17-18H2. The third kappa shape index (κ3) is 3.92. The Balaban J connectivity index is 1.91. The lowest BCUT2D eigenvalue weighted by molar-refractivity contribution is 0.991. The summed E-state index contributed by atoms with van der Waals surface area (Å²) in [6.07, 6.45) is 4.26. The lowest BCUT2D eigenvalue weighted by Crippen LogP contribution is -1.97. The van der Waals surface area contributed by atoms with E-state index in [-0.39, 0.29) is 0 Å². The zero-order chi connectivity index (χ0) is 18.5. The fraction of sp³-hybridized carbons (Fsp3) is 0.0741. The highest BCUT2D eigenvalue weighted by Crippen LogP contribution is 2.33. The third-order valence-corrected chi connectivity index (χ3v) is 4.92. The number of allylic oxidation sites excluding steroid dienone is 4. The van der Waals surface area contributed by atoms with Gasteiger partial charge in [-0.3, -0.25) is 0 Å². The van der Waals surface area contributed by atoms with Crippen LogP contribution in [0.15, 0.2) is 121 Å². The molecule has 0 fully saturated rings. The molecule has 0 aliphatic heterocycles. The van der Waals surface area contributed by atoms with Crippen molar-refractivity contribution < 1.29 is 0 Å². The molecule has 0 saturated carbocycles. The molecule has 130 valence electrons. The van der Waals surface area contributed by atoms with Crippen LogP contribution in [-0.2, 0) is 0 Å². The SMILES string of the molecule is C=C1CCC(c2ccccc2)=CC1=C=C(c1ccccc1)c1ccccc1. The Hall–Kier alpha value is -3.34. The van der Waals surface area contributed by atoms with Gasteiger partial charge in [0.05, 0.1) is 0 Å². The van der Waals surface area contributed by atoms with Crippen LogP contribution in [0.1, 0.15) is 29.5 Å². The first kappa shape index (κ1) is 17.1. The van der Waals surface area contributed by atoms with E-state index < -0.39 is 0 Å². The molecule has 0 spiro atoms. The Bertz CT molecular complexity index is 987. The van der Waals surface area contributed by atoms with Gasteiger partial charge in [-0.1, -0.05) is 97.6 Å². The zero-order valence-electron chi connectivity index (χ0n) is 15.4. The summed E-state index contributed by atoms with van der Waals surface area (Å²) in [5.41, 5.74) is 12.0. The highest BCUT2D eigenvalue weighted by Gasteiger charge is 2.13. The van der Waals surface area contributed by atoms with Crippen molar-refractivity contribution in [3.8, 4) is 0 Å². The van der Waals surface area contributed by atoms with Gasteiger partial charge in [0, 0.05) is 11.1 Å². The maximum absolute atomic E-state index is 4.31. The fourth-order valence-electron chi connectivity index (χ4n) is 3.43. The Morgan fingerprint density at radius 3 is 1.74 bits per heavy atom. The molecule has 3 aromatic carbocycles. The summed E-state index contributed by atoms with van der Waals surface area (Å²) >= 11 is 0. The summed E-state index contributed by atoms with van der Waals surface area (Å²) in [4.78, 5) is 0. The minimum atomic E-state index is 0.972. The van der Waals surface area contributed by atoms with Gasteiger partial charge in [0.15, 0.2) is 0 Å². The van der Waals surface area contributed by atoms with Gasteiger partial charge in [-0.2, -0.15) is 0 Å². The molecule has 0 saturated heterocycles. The molecule has 0 nitrogen and oxygen atoms in total. The molecule has 1 aliphatic rings. The zero-order valence-corrected chi connectivity index (χ0v) is 15.4. The van der Waals surface area contributed by atoms with E-state index in [1.165, 1.54) is 22.3 Å². The van der Waals surface area contributed by atoms with Gasteiger partial charge < -0.3 is 0 Å². The van der Waals surface area contributed by atoms with Crippen LogP contribution >= 0.6 is 0 Å². The van der Waals surface area contributed by atoms with Gasteiger partial charge in [-0.15, -0.1) is 5.73 Å². The average Bonchev–Trinajstić information content (AvgIpc) is 2.75. The smallest absolute Gasteiger partial charge is 0.0315 e. The second-order valence-electron chi connectivity index (χ2n) is 6.78. The molecular weight excluding hydrogens is 324 g/mol. The van der Waals surface area contributed by atoms with E-state index in [9.17, 15) is 0 Å². The molecule has 0 unspecified atom stereocenters. The molecule has 0 atom stereocenters. The van der Waals surface area contributed by atoms with Crippen molar-refractivity contribution >= 4 is 11.1 Å². The summed E-state index contributed by atoms with van der Waals surface area (Å²) in [7, 11) is 0. The number of rotatable bonds is 3. The van der Waals surface area contributed by atoms with E-state index in [1.54, 1.807) is 0 Å². The first-order chi connectivity index (χ1) is 13.3. The van der Waals surface area contributed by atoms with Crippen LogP contribution in [0.25, 0.3) is 11.1 Å². The Morgan fingerprint density at radius 2 is 1.19 bits per heavy atom. The van der Waals surface area contributed by atoms with Crippen molar-refractivity contribution in [3.63, 3.8) is 0 Å². The molecule has 0 bridgehead atoms. The normalized spacial score (nSPS) is 13.7. The van der Waals surface area contributed by atoms with Gasteiger partial charge in [0.1, 0.15) is 0 Å². The molecule has 1 aliphatic carbocycles. The van der Waals surface area contributed by atoms with Crippen molar-refractivity contribution in [1.82, 2.24) is 0 Å². The lowest BCUT2D eigenvalue weighted by Gasteiger charge is -2.17. The lowest BCUT2D eigenvalue weighted by atomic mass is 9.87. The molecule has 3 aromatic rings. The Labute approximate surface area is 161 Å². The summed E-state index contributed by atoms with van der Waals surface area (Å²) < 4.78 is 0. The molecule has 0 heterocycles. The van der Waals surface area contributed by atoms with Gasteiger partial charge >= 0.3 is 0 Å². The van der Waals surface area contributed by atoms with Crippen LogP contribution in [0.3, 0.4) is 0 Å². The predicted octanol–water partition coefficient (Wildman–Crippen LogP) is 7.08. The number of hydrogen-bond acceptors (Lipinski definition) is 0. The molecular formula is C27H22. The van der Waals surface area contributed by atoms with Crippen LogP contribution < -0.4 is 0 Å². The molecule has 0 N–H and O–H groups in total. The summed E-state index contributed by atoms with van der Waals surface area (Å²) in [5, 5.41) is 0. The second kappa shape index (κ2) is 7.91. The fourth-order valence-corrected chi connectivity index (χ4v) is 3.43. The molecule has 27 heavy (non-hydrogen) atoms. The van der Waals surface area contributed by atoms with Crippen molar-refractivity contribution in [1.29, 1.82) is 0 Å². The first-order valence-corrected chi connectivity index (χ1v) is 9.37. The summed E-state index contributed by atoms with van der Waals surface area (Å²) in [5.74, 6) is 0. The van der Waals surface area contributed by atoms with E-state index in [4.69, 9.17) is 0 Å². The maximum Gasteiger partial charge on any atom is 0.0315 e. The first-order valence-electron chi connectivity index (χ1n) is 9.37. The van der Waals surface area contributed by atoms with Gasteiger partial charge in [0.25, 0.3) is 0 Å². The average molecular weight is 346 g/mol. The van der Waals surface area contributed by atoms with Crippen LogP contribution in [0, 0.1) is 0 Å². The van der Waals surface area contributed by atoms with Crippen molar-refractivity contribution in [2.75, 3.05) is 0 Å². The Morgan fingerprint density at radius 1 is 0.667 bits per heavy atom. The van der Waals surface area contributed by atoms with Crippen LogP contribution in [0.4, 0.5) is 0 Å². The molecule has 0 aromatic heterocycles. The van der Waals surface area contributed by atoms with Crippen LogP contribution in [0.5, 0.6) is 0 Å². The van der Waals surface area contributed by atoms with E-state index in [0.717, 1.165) is 29.6 Å². The van der Waals surface area contributed by atoms with E-state index >= 15 is 0 Å². The van der Waals surface area contributed by atoms with E-state index in [2.05, 4.69) is 97.2 Å². The van der Waals surface area contributed by atoms with Gasteiger partial charge in [-0.25, -0.2) is 0 Å². The molecule has 0 radical (unpaired) electrons. The number of benzene rings is 3. The van der Waals surface area contributed by atoms with Crippen molar-refractivity contribution in [2.45, 2.75) is 12.8 Å². The van der Waals surface area contributed by atoms with Gasteiger partial charge in [0.2, 0.25) is 0 Å². The third-order valence-electron chi connectivity index (χ3n) is 4.92.